The molecule has 0 bridgehead atoms. The molecule has 1 fully saturated rings. The number of amides is 1. The summed E-state index contributed by atoms with van der Waals surface area (Å²) in [6.45, 7) is 2.06. The Morgan fingerprint density at radius 1 is 1.14 bits per heavy atom. The van der Waals surface area contributed by atoms with Crippen molar-refractivity contribution in [3.05, 3.63) is 53.4 Å². The molecule has 0 unspecified atom stereocenters. The van der Waals surface area contributed by atoms with Crippen LogP contribution < -0.4 is 10.2 Å². The van der Waals surface area contributed by atoms with Gasteiger partial charge in [-0.05, 0) is 56.2 Å². The van der Waals surface area contributed by atoms with Crippen molar-refractivity contribution in [3.63, 3.8) is 0 Å². The second-order valence-electron chi connectivity index (χ2n) is 7.63. The number of nitrogens with zero attached hydrogens (tertiary/aromatic N) is 3. The predicted molar refractivity (Wildman–Crippen MR) is 124 cm³/mol. The number of hydrogen-bond acceptors (Lipinski definition) is 6. The van der Waals surface area contributed by atoms with Gasteiger partial charge in [0.05, 0.1) is 15.1 Å². The van der Waals surface area contributed by atoms with Crippen LogP contribution in [-0.4, -0.2) is 49.0 Å². The van der Waals surface area contributed by atoms with E-state index in [0.29, 0.717) is 6.04 Å². The molecule has 1 aliphatic rings. The first-order chi connectivity index (χ1) is 14.1. The zero-order valence-electron chi connectivity index (χ0n) is 16.4. The van der Waals surface area contributed by atoms with Crippen LogP contribution in [0.4, 0.5) is 10.8 Å². The van der Waals surface area contributed by atoms with Crippen molar-refractivity contribution >= 4 is 59.7 Å². The van der Waals surface area contributed by atoms with E-state index >= 15 is 0 Å². The number of rotatable bonds is 4. The zero-order chi connectivity index (χ0) is 20.0. The van der Waals surface area contributed by atoms with Crippen molar-refractivity contribution in [1.82, 2.24) is 9.88 Å². The first-order valence-electron chi connectivity index (χ1n) is 9.69. The minimum absolute atomic E-state index is 0.0661. The molecule has 1 amide bonds. The van der Waals surface area contributed by atoms with Crippen LogP contribution in [0.3, 0.4) is 0 Å². The van der Waals surface area contributed by atoms with Crippen molar-refractivity contribution in [3.8, 4) is 0 Å². The standard InChI is InChI=1S/C22H22N4OS2/c1-25(2)16-9-10-26(13-16)22-24-17-8-7-15(12-19(17)29-22)23-21(27)20-11-14-5-3-4-6-18(14)28-20/h3-8,11-12,16H,9-10,13H2,1-2H3,(H,23,27)/t16-/m1/s1. The van der Waals surface area contributed by atoms with Gasteiger partial charge < -0.3 is 15.1 Å². The van der Waals surface area contributed by atoms with Gasteiger partial charge in [-0.15, -0.1) is 11.3 Å². The SMILES string of the molecule is CN(C)[C@@H]1CCN(c2nc3ccc(NC(=O)c4cc5ccccc5s4)cc3s2)C1. The minimum atomic E-state index is -0.0661. The van der Waals surface area contributed by atoms with Crippen LogP contribution in [0.2, 0.25) is 0 Å². The van der Waals surface area contributed by atoms with E-state index in [9.17, 15) is 4.79 Å². The van der Waals surface area contributed by atoms with Gasteiger partial charge in [-0.1, -0.05) is 29.5 Å². The number of anilines is 2. The Morgan fingerprint density at radius 2 is 2.00 bits per heavy atom. The summed E-state index contributed by atoms with van der Waals surface area (Å²) in [5.41, 5.74) is 1.79. The Hall–Kier alpha value is -2.48. The molecule has 7 heteroatoms. The van der Waals surface area contributed by atoms with Gasteiger partial charge in [0, 0.05) is 29.5 Å². The first kappa shape index (κ1) is 18.5. The third-order valence-corrected chi connectivity index (χ3v) is 7.64. The molecule has 0 radical (unpaired) electrons. The lowest BCUT2D eigenvalue weighted by molar-refractivity contribution is 0.103. The predicted octanol–water partition coefficient (Wildman–Crippen LogP) is 4.90. The molecular weight excluding hydrogens is 400 g/mol. The van der Waals surface area contributed by atoms with E-state index in [-0.39, 0.29) is 5.91 Å². The Bertz CT molecular complexity index is 1160. The summed E-state index contributed by atoms with van der Waals surface area (Å²) in [6, 6.07) is 16.6. The lowest BCUT2D eigenvalue weighted by Gasteiger charge is -2.19. The van der Waals surface area contributed by atoms with E-state index < -0.39 is 0 Å². The van der Waals surface area contributed by atoms with Gasteiger partial charge in [0.2, 0.25) is 0 Å². The summed E-state index contributed by atoms with van der Waals surface area (Å²) in [5, 5.41) is 5.21. The number of carbonyl (C=O) groups is 1. The smallest absolute Gasteiger partial charge is 0.265 e. The zero-order valence-corrected chi connectivity index (χ0v) is 18.0. The van der Waals surface area contributed by atoms with Crippen molar-refractivity contribution in [2.24, 2.45) is 0 Å². The summed E-state index contributed by atoms with van der Waals surface area (Å²) >= 11 is 3.22. The van der Waals surface area contributed by atoms with E-state index in [1.807, 2.05) is 48.5 Å². The highest BCUT2D eigenvalue weighted by molar-refractivity contribution is 7.22. The van der Waals surface area contributed by atoms with Gasteiger partial charge in [0.1, 0.15) is 0 Å². The van der Waals surface area contributed by atoms with Gasteiger partial charge in [-0.3, -0.25) is 4.79 Å². The van der Waals surface area contributed by atoms with Crippen molar-refractivity contribution in [2.75, 3.05) is 37.4 Å². The molecule has 0 aliphatic carbocycles. The fraction of sp³-hybridized carbons (Fsp3) is 0.273. The van der Waals surface area contributed by atoms with E-state index in [2.05, 4.69) is 29.2 Å². The van der Waals surface area contributed by atoms with Gasteiger partial charge >= 0.3 is 0 Å². The van der Waals surface area contributed by atoms with Crippen LogP contribution >= 0.6 is 22.7 Å². The molecule has 0 spiro atoms. The quantitative estimate of drug-likeness (QED) is 0.508. The topological polar surface area (TPSA) is 48.5 Å². The van der Waals surface area contributed by atoms with Crippen LogP contribution in [0.25, 0.3) is 20.3 Å². The average molecular weight is 423 g/mol. The molecule has 2 aromatic carbocycles. The number of benzene rings is 2. The van der Waals surface area contributed by atoms with Crippen molar-refractivity contribution < 1.29 is 4.79 Å². The van der Waals surface area contributed by atoms with Crippen LogP contribution in [0, 0.1) is 0 Å². The lowest BCUT2D eigenvalue weighted by atomic mass is 10.2. The lowest BCUT2D eigenvalue weighted by Crippen LogP contribution is -2.31. The molecule has 0 saturated carbocycles. The summed E-state index contributed by atoms with van der Waals surface area (Å²) in [7, 11) is 4.27. The maximum atomic E-state index is 12.7. The fourth-order valence-electron chi connectivity index (χ4n) is 3.75. The molecule has 1 aliphatic heterocycles. The number of nitrogens with one attached hydrogen (secondary N) is 1. The number of thiophene rings is 1. The number of aromatic nitrogens is 1. The summed E-state index contributed by atoms with van der Waals surface area (Å²) in [4.78, 5) is 22.9. The van der Waals surface area contributed by atoms with Crippen molar-refractivity contribution in [1.29, 1.82) is 0 Å². The average Bonchev–Trinajstić information content (AvgIpc) is 3.44. The molecule has 148 valence electrons. The molecular formula is C22H22N4OS2. The second-order valence-corrected chi connectivity index (χ2v) is 9.73. The van der Waals surface area contributed by atoms with Gasteiger partial charge in [0.25, 0.3) is 5.91 Å². The van der Waals surface area contributed by atoms with Gasteiger partial charge in [-0.25, -0.2) is 4.98 Å². The Morgan fingerprint density at radius 3 is 2.79 bits per heavy atom. The molecule has 3 heterocycles. The Kier molecular flexibility index (Phi) is 4.73. The number of fused-ring (bicyclic) bond motifs is 2. The second kappa shape index (κ2) is 7.40. The number of thiazole rings is 1. The molecule has 29 heavy (non-hydrogen) atoms. The third-order valence-electron chi connectivity index (χ3n) is 5.45. The van der Waals surface area contributed by atoms with E-state index in [1.54, 1.807) is 11.3 Å². The van der Waals surface area contributed by atoms with Crippen LogP contribution in [0.5, 0.6) is 0 Å². The summed E-state index contributed by atoms with van der Waals surface area (Å²) < 4.78 is 2.23. The molecule has 5 nitrogen and oxygen atoms in total. The van der Waals surface area contributed by atoms with Crippen LogP contribution in [0.15, 0.2) is 48.5 Å². The number of hydrogen-bond donors (Lipinski definition) is 1. The van der Waals surface area contributed by atoms with Crippen molar-refractivity contribution in [2.45, 2.75) is 12.5 Å². The maximum Gasteiger partial charge on any atom is 0.265 e. The van der Waals surface area contributed by atoms with E-state index in [1.165, 1.54) is 17.8 Å². The Labute approximate surface area is 177 Å². The Balaban J connectivity index is 1.35. The van der Waals surface area contributed by atoms with Gasteiger partial charge in [-0.2, -0.15) is 0 Å². The monoisotopic (exact) mass is 422 g/mol. The molecule has 1 atom stereocenters. The fourth-order valence-corrected chi connectivity index (χ4v) is 5.75. The maximum absolute atomic E-state index is 12.7. The number of likely N-dealkylation sites (N-methyl/N-ethyl adjacent to an activating group) is 1. The first-order valence-corrected chi connectivity index (χ1v) is 11.3. The largest absolute Gasteiger partial charge is 0.346 e. The molecule has 5 rings (SSSR count). The third kappa shape index (κ3) is 3.61. The summed E-state index contributed by atoms with van der Waals surface area (Å²) in [5.74, 6) is -0.0661. The van der Waals surface area contributed by atoms with Crippen LogP contribution in [0.1, 0.15) is 16.1 Å². The summed E-state index contributed by atoms with van der Waals surface area (Å²) in [6.07, 6.45) is 1.17. The highest BCUT2D eigenvalue weighted by Gasteiger charge is 2.26. The molecule has 2 aromatic heterocycles. The van der Waals surface area contributed by atoms with E-state index in [0.717, 1.165) is 49.1 Å². The molecule has 4 aromatic rings. The van der Waals surface area contributed by atoms with E-state index in [4.69, 9.17) is 4.98 Å². The molecule has 1 N–H and O–H groups in total. The normalized spacial score (nSPS) is 16.9. The van der Waals surface area contributed by atoms with Gasteiger partial charge in [0.15, 0.2) is 5.13 Å². The van der Waals surface area contributed by atoms with Crippen LogP contribution in [-0.2, 0) is 0 Å². The minimum Gasteiger partial charge on any atom is -0.346 e. The number of carbonyl (C=O) groups excluding carboxylic acids is 1. The highest BCUT2D eigenvalue weighted by atomic mass is 32.1. The highest BCUT2D eigenvalue weighted by Crippen LogP contribution is 2.33. The molecule has 1 saturated heterocycles.